The van der Waals surface area contributed by atoms with Crippen molar-refractivity contribution < 1.29 is 38.3 Å². The van der Waals surface area contributed by atoms with Gasteiger partial charge >= 0.3 is 6.16 Å². The molecule has 214 valence electrons. The van der Waals surface area contributed by atoms with Crippen LogP contribution in [0.2, 0.25) is 0 Å². The first-order valence-corrected chi connectivity index (χ1v) is 13.5. The van der Waals surface area contributed by atoms with Crippen LogP contribution < -0.4 is 4.74 Å². The van der Waals surface area contributed by atoms with Crippen molar-refractivity contribution in [3.05, 3.63) is 34.7 Å². The highest BCUT2D eigenvalue weighted by atomic mass is 16.7. The second kappa shape index (κ2) is 14.6. The Morgan fingerprint density at radius 3 is 2.63 bits per heavy atom. The van der Waals surface area contributed by atoms with E-state index in [2.05, 4.69) is 37.7 Å². The van der Waals surface area contributed by atoms with Crippen molar-refractivity contribution in [2.45, 2.75) is 104 Å². The van der Waals surface area contributed by atoms with Gasteiger partial charge < -0.3 is 33.5 Å². The third kappa shape index (κ3) is 9.03. The molecule has 0 aliphatic carbocycles. The van der Waals surface area contributed by atoms with Gasteiger partial charge in [-0.1, -0.05) is 11.6 Å². The Bertz CT molecular complexity index is 964. The molecule has 10 heteroatoms. The lowest BCUT2D eigenvalue weighted by Gasteiger charge is -2.32. The van der Waals surface area contributed by atoms with Crippen LogP contribution in [0.5, 0.6) is 5.88 Å². The molecule has 1 aromatic heterocycles. The molecule has 2 fully saturated rings. The van der Waals surface area contributed by atoms with Gasteiger partial charge in [0.2, 0.25) is 12.2 Å². The largest absolute Gasteiger partial charge is 0.508 e. The van der Waals surface area contributed by atoms with Gasteiger partial charge in [-0.05, 0) is 60.0 Å². The molecule has 3 rings (SSSR count). The molecule has 1 N–H and O–H groups in total. The van der Waals surface area contributed by atoms with Crippen molar-refractivity contribution in [2.24, 2.45) is 0 Å². The number of hydrogen-bond donors (Lipinski definition) is 1. The zero-order valence-corrected chi connectivity index (χ0v) is 23.6. The van der Waals surface area contributed by atoms with Crippen LogP contribution in [-0.4, -0.2) is 72.6 Å². The van der Waals surface area contributed by atoms with Gasteiger partial charge in [-0.2, -0.15) is 0 Å². The predicted molar refractivity (Wildman–Crippen MR) is 141 cm³/mol. The summed E-state index contributed by atoms with van der Waals surface area (Å²) in [7, 11) is 1.24. The van der Waals surface area contributed by atoms with E-state index >= 15 is 0 Å². The van der Waals surface area contributed by atoms with Crippen molar-refractivity contribution in [3.8, 4) is 5.88 Å². The summed E-state index contributed by atoms with van der Waals surface area (Å²) in [6, 6.07) is 0.154. The normalized spacial score (nSPS) is 24.5. The fourth-order valence-electron chi connectivity index (χ4n) is 4.64. The van der Waals surface area contributed by atoms with Crippen molar-refractivity contribution in [1.82, 2.24) is 9.78 Å². The fourth-order valence-corrected chi connectivity index (χ4v) is 4.64. The van der Waals surface area contributed by atoms with Gasteiger partial charge in [0.15, 0.2) is 0 Å². The molecule has 0 saturated carbocycles. The molecule has 0 aromatic carbocycles. The van der Waals surface area contributed by atoms with Crippen LogP contribution >= 0.6 is 0 Å². The summed E-state index contributed by atoms with van der Waals surface area (Å²) in [5.41, 5.74) is 3.18. The van der Waals surface area contributed by atoms with Gasteiger partial charge in [0.1, 0.15) is 13.2 Å². The molecule has 4 unspecified atom stereocenters. The molecule has 4 atom stereocenters. The molecule has 1 aromatic rings. The van der Waals surface area contributed by atoms with E-state index in [-0.39, 0.29) is 18.8 Å². The predicted octanol–water partition coefficient (Wildman–Crippen LogP) is 4.78. The third-order valence-electron chi connectivity index (χ3n) is 6.71. The topological polar surface area (TPSA) is 111 Å². The van der Waals surface area contributed by atoms with Crippen LogP contribution in [0.1, 0.15) is 77.1 Å². The van der Waals surface area contributed by atoms with Crippen molar-refractivity contribution >= 4 is 6.16 Å². The fraction of sp³-hybridized carbons (Fsp3) is 0.714. The van der Waals surface area contributed by atoms with Gasteiger partial charge in [-0.25, -0.2) is 4.79 Å². The first kappa shape index (κ1) is 30.0. The third-order valence-corrected chi connectivity index (χ3v) is 6.71. The summed E-state index contributed by atoms with van der Waals surface area (Å²) in [5.74, 6) is 1.39. The van der Waals surface area contributed by atoms with Crippen LogP contribution in [0.3, 0.4) is 0 Å². The summed E-state index contributed by atoms with van der Waals surface area (Å²) in [5, 5.41) is 15.1. The molecular formula is C28H44N2O8. The van der Waals surface area contributed by atoms with Crippen LogP contribution in [-0.2, 0) is 30.1 Å². The molecule has 2 aliphatic heterocycles. The maximum Gasteiger partial charge on any atom is 0.508 e. The van der Waals surface area contributed by atoms with E-state index in [0.717, 1.165) is 42.9 Å². The quantitative estimate of drug-likeness (QED) is 0.229. The van der Waals surface area contributed by atoms with E-state index in [4.69, 9.17) is 28.8 Å². The van der Waals surface area contributed by atoms with Crippen molar-refractivity contribution in [2.75, 3.05) is 26.9 Å². The van der Waals surface area contributed by atoms with E-state index in [1.807, 2.05) is 18.5 Å². The Hall–Kier alpha value is -2.56. The van der Waals surface area contributed by atoms with Gasteiger partial charge in [-0.15, -0.1) is 5.10 Å². The van der Waals surface area contributed by atoms with Crippen LogP contribution in [0, 0.1) is 6.92 Å². The Morgan fingerprint density at radius 2 is 1.95 bits per heavy atom. The second-order valence-electron chi connectivity index (χ2n) is 10.3. The molecule has 10 nitrogen and oxygen atoms in total. The summed E-state index contributed by atoms with van der Waals surface area (Å²) >= 11 is 0. The van der Waals surface area contributed by atoms with Crippen LogP contribution in [0.25, 0.3) is 0 Å². The summed E-state index contributed by atoms with van der Waals surface area (Å²) in [6.07, 6.45) is 6.05. The number of hydrogen-bond acceptors (Lipinski definition) is 9. The smallest absolute Gasteiger partial charge is 0.496 e. The monoisotopic (exact) mass is 536 g/mol. The second-order valence-corrected chi connectivity index (χ2v) is 10.3. The average molecular weight is 537 g/mol. The lowest BCUT2D eigenvalue weighted by Crippen LogP contribution is -2.41. The number of ether oxygens (including phenoxy) is 6. The van der Waals surface area contributed by atoms with E-state index in [0.29, 0.717) is 31.7 Å². The van der Waals surface area contributed by atoms with Gasteiger partial charge in [-0.3, -0.25) is 4.68 Å². The molecule has 2 saturated heterocycles. The van der Waals surface area contributed by atoms with Gasteiger partial charge in [0, 0.05) is 43.2 Å². The lowest BCUT2D eigenvalue weighted by molar-refractivity contribution is -0.187. The summed E-state index contributed by atoms with van der Waals surface area (Å²) < 4.78 is 35.1. The highest BCUT2D eigenvalue weighted by Gasteiger charge is 2.32. The Morgan fingerprint density at radius 1 is 1.18 bits per heavy atom. The first-order chi connectivity index (χ1) is 18.2. The molecular weight excluding hydrogens is 492 g/mol. The summed E-state index contributed by atoms with van der Waals surface area (Å²) in [4.78, 5) is 11.3. The standard InChI is InChI=1S/C28H44N2O8/c1-18(2)30-21(5)25(13-19(3)9-7-10-20(4)35-16-23-11-8-12-34-23)27(29-30)38-26-15-22(31)14-24(37-26)17-36-28(32)33-6/h9-10,18,22-24,26,31H,7-8,11-17H2,1-6H3/b19-9+,20-10+. The summed E-state index contributed by atoms with van der Waals surface area (Å²) in [6.45, 7) is 11.7. The number of rotatable bonds is 12. The van der Waals surface area contributed by atoms with Crippen LogP contribution in [0.4, 0.5) is 4.79 Å². The first-order valence-electron chi connectivity index (χ1n) is 13.5. The van der Waals surface area contributed by atoms with Crippen LogP contribution in [0.15, 0.2) is 23.5 Å². The number of carbonyl (C=O) groups is 1. The molecule has 0 amide bonds. The molecule has 38 heavy (non-hydrogen) atoms. The average Bonchev–Trinajstić information content (AvgIpc) is 3.50. The number of aliphatic hydroxyl groups is 1. The maximum absolute atomic E-state index is 11.3. The van der Waals surface area contributed by atoms with Crippen molar-refractivity contribution in [1.29, 1.82) is 0 Å². The zero-order valence-electron chi connectivity index (χ0n) is 23.6. The number of aromatic nitrogens is 2. The Kier molecular flexibility index (Phi) is 11.5. The van der Waals surface area contributed by atoms with E-state index < -0.39 is 24.7 Å². The number of carbonyl (C=O) groups excluding carboxylic acids is 1. The number of allylic oxidation sites excluding steroid dienone is 4. The van der Waals surface area contributed by atoms with Gasteiger partial charge in [0.05, 0.1) is 31.2 Å². The van der Waals surface area contributed by atoms with Gasteiger partial charge in [0.25, 0.3) is 0 Å². The maximum atomic E-state index is 11.3. The van der Waals surface area contributed by atoms with Crippen molar-refractivity contribution in [3.63, 3.8) is 0 Å². The number of methoxy groups -OCH3 is 1. The highest BCUT2D eigenvalue weighted by molar-refractivity contribution is 5.59. The minimum absolute atomic E-state index is 0.0257. The number of nitrogens with zero attached hydrogens (tertiary/aromatic N) is 2. The minimum Gasteiger partial charge on any atom is -0.496 e. The van der Waals surface area contributed by atoms with E-state index in [9.17, 15) is 9.90 Å². The molecule has 3 heterocycles. The molecule has 2 aliphatic rings. The molecule has 0 spiro atoms. The molecule has 0 radical (unpaired) electrons. The molecule has 0 bridgehead atoms. The number of aliphatic hydroxyl groups excluding tert-OH is 1. The minimum atomic E-state index is -0.790. The Labute approximate surface area is 225 Å². The lowest BCUT2D eigenvalue weighted by atomic mass is 10.0. The van der Waals surface area contributed by atoms with E-state index in [1.165, 1.54) is 12.7 Å². The SMILES string of the molecule is COC(=O)OCC1CC(O)CC(Oc2nn(C(C)C)c(C)c2C/C(C)=C/C/C=C(\C)OCC2CCCO2)O1. The zero-order chi connectivity index (χ0) is 27.7. The highest BCUT2D eigenvalue weighted by Crippen LogP contribution is 2.30. The van der Waals surface area contributed by atoms with E-state index in [1.54, 1.807) is 0 Å². The Balaban J connectivity index is 1.63.